The maximum absolute atomic E-state index is 11.9. The van der Waals surface area contributed by atoms with Crippen molar-refractivity contribution in [1.29, 1.82) is 0 Å². The van der Waals surface area contributed by atoms with E-state index in [1.807, 2.05) is 19.0 Å². The molecule has 0 aromatic carbocycles. The van der Waals surface area contributed by atoms with Crippen LogP contribution in [0.1, 0.15) is 32.6 Å². The van der Waals surface area contributed by atoms with Crippen LogP contribution in [0.25, 0.3) is 0 Å². The number of hydrogen-bond donors (Lipinski definition) is 3. The molecule has 0 rings (SSSR count). The van der Waals surface area contributed by atoms with E-state index in [1.165, 1.54) is 6.92 Å². The van der Waals surface area contributed by atoms with E-state index in [2.05, 4.69) is 10.6 Å². The van der Waals surface area contributed by atoms with Crippen LogP contribution in [0.4, 0.5) is 0 Å². The minimum atomic E-state index is -0.929. The van der Waals surface area contributed by atoms with Crippen LogP contribution in [0, 0.1) is 0 Å². The maximum Gasteiger partial charge on any atom is 0.305 e. The lowest BCUT2D eigenvalue weighted by Crippen LogP contribution is -2.44. The second kappa shape index (κ2) is 10.2. The third kappa shape index (κ3) is 9.32. The molecule has 0 saturated carbocycles. The number of unbranched alkanes of at least 4 members (excludes halogenated alkanes) is 1. The van der Waals surface area contributed by atoms with Gasteiger partial charge < -0.3 is 15.7 Å². The zero-order valence-corrected chi connectivity index (χ0v) is 12.4. The zero-order chi connectivity index (χ0) is 15.5. The first-order chi connectivity index (χ1) is 9.34. The number of carbonyl (C=O) groups excluding carboxylic acids is 2. The highest BCUT2D eigenvalue weighted by molar-refractivity contribution is 5.82. The standard InChI is InChI=1S/C13H25N3O4/c1-10(17)14-8-5-4-6-11(16(2)3)13(20)15-9-7-12(18)19/h11H,4-9H2,1-3H3,(H,14,17)(H,15,20)(H,18,19)/i2+1,3+1,8+1,9+1,15+1. The van der Waals surface area contributed by atoms with Gasteiger partial charge in [-0.1, -0.05) is 0 Å². The highest BCUT2D eigenvalue weighted by Crippen LogP contribution is 2.06. The van der Waals surface area contributed by atoms with Crippen molar-refractivity contribution in [3.05, 3.63) is 0 Å². The van der Waals surface area contributed by atoms with Crippen molar-refractivity contribution >= 4 is 17.8 Å². The Bertz CT molecular complexity index is 332. The molecule has 0 bridgehead atoms. The van der Waals surface area contributed by atoms with Crippen molar-refractivity contribution in [2.75, 3.05) is 27.2 Å². The predicted molar refractivity (Wildman–Crippen MR) is 75.3 cm³/mol. The zero-order valence-electron chi connectivity index (χ0n) is 12.4. The molecule has 0 fully saturated rings. The quantitative estimate of drug-likeness (QED) is 0.294. The van der Waals surface area contributed by atoms with Crippen LogP contribution in [0.3, 0.4) is 0 Å². The minimum absolute atomic E-state index is 0.0550. The van der Waals surface area contributed by atoms with Gasteiger partial charge in [0.1, 0.15) is 0 Å². The Kier molecular flexibility index (Phi) is 9.36. The molecule has 0 aliphatic heterocycles. The smallest absolute Gasteiger partial charge is 0.305 e. The number of nitrogens with zero attached hydrogens (tertiary/aromatic N) is 1. The third-order valence-electron chi connectivity index (χ3n) is 2.84. The van der Waals surface area contributed by atoms with Gasteiger partial charge in [-0.3, -0.25) is 19.3 Å². The second-order valence-corrected chi connectivity index (χ2v) is 4.89. The molecule has 0 saturated heterocycles. The summed E-state index contributed by atoms with van der Waals surface area (Å²) in [5.41, 5.74) is 0. The van der Waals surface area contributed by atoms with Crippen LogP contribution in [0.2, 0.25) is 0 Å². The van der Waals surface area contributed by atoms with E-state index in [-0.39, 0.29) is 30.8 Å². The first kappa shape index (κ1) is 18.4. The number of carboxylic acid groups (broad SMARTS) is 1. The number of hydrogen-bond acceptors (Lipinski definition) is 4. The summed E-state index contributed by atoms with van der Waals surface area (Å²) in [6, 6.07) is -0.277. The Morgan fingerprint density at radius 3 is 2.25 bits per heavy atom. The van der Waals surface area contributed by atoms with E-state index >= 15 is 0 Å². The van der Waals surface area contributed by atoms with Gasteiger partial charge in [0, 0.05) is 20.0 Å². The molecular formula is C13H25N3O4. The largest absolute Gasteiger partial charge is 0.481 e. The van der Waals surface area contributed by atoms with E-state index in [1.54, 1.807) is 0 Å². The predicted octanol–water partition coefficient (Wildman–Crippen LogP) is -0.186. The molecule has 0 aromatic heterocycles. The number of amides is 2. The van der Waals surface area contributed by atoms with E-state index in [9.17, 15) is 14.4 Å². The lowest BCUT2D eigenvalue weighted by Gasteiger charge is -2.23. The van der Waals surface area contributed by atoms with E-state index in [0.29, 0.717) is 13.0 Å². The molecule has 7 heteroatoms. The number of aliphatic carboxylic acids is 1. The first-order valence-electron chi connectivity index (χ1n) is 6.75. The maximum atomic E-state index is 11.9. The Morgan fingerprint density at radius 1 is 1.10 bits per heavy atom. The van der Waals surface area contributed by atoms with Gasteiger partial charge in [0.25, 0.3) is 0 Å². The minimum Gasteiger partial charge on any atom is -0.481 e. The van der Waals surface area contributed by atoms with Gasteiger partial charge in [0.05, 0.1) is 12.5 Å². The van der Waals surface area contributed by atoms with Crippen LogP contribution >= 0.6 is 0 Å². The Labute approximate surface area is 119 Å². The normalized spacial score (nSPS) is 12.0. The lowest BCUT2D eigenvalue weighted by molar-refractivity contribution is -0.137. The molecule has 2 amide bonds. The average molecular weight is 292 g/mol. The third-order valence-corrected chi connectivity index (χ3v) is 2.84. The summed E-state index contributed by atoms with van der Waals surface area (Å²) in [5, 5.41) is 13.9. The van der Waals surface area contributed by atoms with Crippen molar-refractivity contribution in [3.63, 3.8) is 0 Å². The summed E-state index contributed by atoms with van der Waals surface area (Å²) in [6.07, 6.45) is 2.22. The van der Waals surface area contributed by atoms with Gasteiger partial charge >= 0.3 is 5.97 Å². The SMILES string of the molecule is CC(=O)N[13CH2]CCCC(C(=O)[15NH][13CH2]CC(=O)O)N([13CH3])[13CH3]. The molecule has 1 unspecified atom stereocenters. The summed E-state index contributed by atoms with van der Waals surface area (Å²) in [5.74, 6) is -1.14. The molecule has 0 aliphatic carbocycles. The molecule has 1 atom stereocenters. The Morgan fingerprint density at radius 2 is 1.75 bits per heavy atom. The van der Waals surface area contributed by atoms with Crippen LogP contribution in [-0.2, 0) is 14.4 Å². The van der Waals surface area contributed by atoms with Crippen LogP contribution < -0.4 is 10.6 Å². The Hall–Kier alpha value is -1.63. The molecule has 0 spiro atoms. The summed E-state index contributed by atoms with van der Waals surface area (Å²) in [4.78, 5) is 34.8. The number of likely N-dealkylation sites (N-methyl/N-ethyl adjacent to an activating group) is 1. The van der Waals surface area contributed by atoms with Gasteiger partial charge in [-0.2, -0.15) is 0 Å². The number of rotatable bonds is 10. The van der Waals surface area contributed by atoms with Crippen molar-refractivity contribution in [2.45, 2.75) is 38.6 Å². The van der Waals surface area contributed by atoms with Crippen molar-refractivity contribution in [3.8, 4) is 0 Å². The number of carboxylic acids is 1. The highest BCUT2D eigenvalue weighted by Gasteiger charge is 2.19. The van der Waals surface area contributed by atoms with Gasteiger partial charge in [0.15, 0.2) is 0 Å². The molecule has 0 radical (unpaired) electrons. The molecule has 20 heavy (non-hydrogen) atoms. The number of nitrogens with one attached hydrogen (secondary N) is 2. The van der Waals surface area contributed by atoms with Gasteiger partial charge in [-0.15, -0.1) is 0 Å². The summed E-state index contributed by atoms with van der Waals surface area (Å²) in [6.45, 7) is 2.22. The Balaban J connectivity index is 3.99. The molecule has 3 N–H and O–H groups in total. The molecule has 7 nitrogen and oxygen atoms in total. The molecule has 0 heterocycles. The molecule has 116 valence electrons. The van der Waals surface area contributed by atoms with Gasteiger partial charge in [-0.05, 0) is 33.4 Å². The highest BCUT2D eigenvalue weighted by atomic mass is 16.4. The van der Waals surface area contributed by atoms with Crippen LogP contribution in [-0.4, -0.2) is 61.0 Å². The summed E-state index contributed by atoms with van der Waals surface area (Å²) < 4.78 is 0. The fourth-order valence-electron chi connectivity index (χ4n) is 1.76. The van der Waals surface area contributed by atoms with Gasteiger partial charge in [-0.25, -0.2) is 0 Å². The fourth-order valence-corrected chi connectivity index (χ4v) is 1.76. The molecule has 0 aliphatic rings. The van der Waals surface area contributed by atoms with E-state index in [4.69, 9.17) is 5.11 Å². The lowest BCUT2D eigenvalue weighted by atomic mass is 10.1. The fraction of sp³-hybridized carbons (Fsp3) is 0.769. The number of carbonyl (C=O) groups is 3. The first-order valence-corrected chi connectivity index (χ1v) is 6.75. The molecule has 0 aromatic rings. The topological polar surface area (TPSA) is 98.7 Å². The van der Waals surface area contributed by atoms with E-state index < -0.39 is 5.97 Å². The monoisotopic (exact) mass is 292 g/mol. The van der Waals surface area contributed by atoms with Crippen molar-refractivity contribution in [1.82, 2.24) is 15.5 Å². The average Bonchev–Trinajstić information content (AvgIpc) is 2.32. The van der Waals surface area contributed by atoms with E-state index in [0.717, 1.165) is 12.8 Å². The van der Waals surface area contributed by atoms with Crippen molar-refractivity contribution < 1.29 is 19.5 Å². The summed E-state index contributed by atoms with van der Waals surface area (Å²) in [7, 11) is 3.63. The van der Waals surface area contributed by atoms with Crippen LogP contribution in [0.5, 0.6) is 0 Å². The van der Waals surface area contributed by atoms with Crippen LogP contribution in [0.15, 0.2) is 0 Å². The van der Waals surface area contributed by atoms with Gasteiger partial charge in [0.2, 0.25) is 11.8 Å². The second-order valence-electron chi connectivity index (χ2n) is 4.89. The summed E-state index contributed by atoms with van der Waals surface area (Å²) >= 11 is 0. The molecular weight excluding hydrogens is 267 g/mol. The van der Waals surface area contributed by atoms with Crippen molar-refractivity contribution in [2.24, 2.45) is 0 Å².